The fourth-order valence-corrected chi connectivity index (χ4v) is 13.4. The molecule has 0 N–H and O–H groups in total. The molecule has 0 spiro atoms. The van der Waals surface area contributed by atoms with Gasteiger partial charge in [-0.25, -0.2) is 0 Å². The summed E-state index contributed by atoms with van der Waals surface area (Å²) < 4.78 is 17.2. The summed E-state index contributed by atoms with van der Waals surface area (Å²) in [6, 6.07) is 38.4. The number of rotatable bonds is 9. The second-order valence-corrected chi connectivity index (χ2v) is 24.9. The topological polar surface area (TPSA) is 29.5 Å². The summed E-state index contributed by atoms with van der Waals surface area (Å²) in [5.41, 5.74) is 3.38. The van der Waals surface area contributed by atoms with Gasteiger partial charge in [0, 0.05) is 23.9 Å². The Labute approximate surface area is 271 Å². The molecule has 3 nitrogen and oxygen atoms in total. The quantitative estimate of drug-likeness (QED) is 0.146. The highest BCUT2D eigenvalue weighted by Crippen LogP contribution is 2.44. The largest absolute Gasteiger partial charge is 0.408 e. The monoisotopic (exact) mass is 649 g/mol. The molecule has 6 aromatic rings. The van der Waals surface area contributed by atoms with Crippen molar-refractivity contribution >= 4 is 78.2 Å². The van der Waals surface area contributed by atoms with Gasteiger partial charge in [0.25, 0.3) is 0 Å². The van der Waals surface area contributed by atoms with E-state index < -0.39 is 24.3 Å². The molecule has 6 rings (SSSR count). The third-order valence-corrected chi connectivity index (χ3v) is 22.2. The van der Waals surface area contributed by atoms with Gasteiger partial charge in [-0.3, -0.25) is 0 Å². The van der Waals surface area contributed by atoms with Crippen molar-refractivity contribution in [1.82, 2.24) is 0 Å². The Bertz CT molecular complexity index is 1910. The minimum atomic E-state index is -1.88. The molecule has 5 aromatic carbocycles. The first kappa shape index (κ1) is 31.9. The van der Waals surface area contributed by atoms with Gasteiger partial charge in [-0.15, -0.1) is 0 Å². The maximum absolute atomic E-state index is 7.44. The van der Waals surface area contributed by atoms with Gasteiger partial charge in [-0.05, 0) is 44.4 Å². The molecule has 0 bridgehead atoms. The zero-order chi connectivity index (χ0) is 31.9. The van der Waals surface area contributed by atoms with Crippen LogP contribution in [0.15, 0.2) is 99.4 Å². The van der Waals surface area contributed by atoms with Crippen LogP contribution in [0.5, 0.6) is 0 Å². The maximum atomic E-state index is 7.44. The molecule has 0 saturated heterocycles. The van der Waals surface area contributed by atoms with Crippen LogP contribution in [0.3, 0.4) is 0 Å². The van der Waals surface area contributed by atoms with Crippen molar-refractivity contribution in [2.75, 3.05) is 11.7 Å². The fraction of sp³-hybridized carbons (Fsp3) is 0.333. The van der Waals surface area contributed by atoms with Crippen LogP contribution in [0.1, 0.15) is 46.2 Å². The van der Waals surface area contributed by atoms with Gasteiger partial charge in [0.1, 0.15) is 11.2 Å². The number of fused-ring (bicyclic) bond motifs is 7. The van der Waals surface area contributed by atoms with Gasteiger partial charge in [0.2, 0.25) is 0 Å². The van der Waals surface area contributed by atoms with Crippen molar-refractivity contribution in [2.45, 2.75) is 77.9 Å². The molecule has 6 heteroatoms. The molecule has 0 amide bonds. The van der Waals surface area contributed by atoms with Gasteiger partial charge in [-0.2, -0.15) is 4.67 Å². The molecule has 45 heavy (non-hydrogen) atoms. The van der Waals surface area contributed by atoms with Crippen LogP contribution in [-0.4, -0.2) is 23.2 Å². The molecular formula is C39H48NO2PSi2. The molecule has 0 fully saturated rings. The molecule has 234 valence electrons. The standard InChI is InChI=1S/C39H48NO2PSi2/c1-9-44(7,10-2)34-26-30-22-16-18-24-32(30)36-37-33-25-19-17-23-31(33)27-35(45(8,11-3)12-4)39(37)42-43(41-38(34)36)40(6)28(5)29-20-14-13-15-21-29/h13-28H,9-12H2,1-8H3/t28-/m0/s1. The van der Waals surface area contributed by atoms with Crippen LogP contribution >= 0.6 is 8.16 Å². The molecule has 0 aliphatic heterocycles. The van der Waals surface area contributed by atoms with Crippen LogP contribution in [0.25, 0.3) is 43.5 Å². The first-order chi connectivity index (χ1) is 21.7. The van der Waals surface area contributed by atoms with E-state index in [0.29, 0.717) is 0 Å². The van der Waals surface area contributed by atoms with Crippen LogP contribution in [-0.2, 0) is 0 Å². The third kappa shape index (κ3) is 5.42. The van der Waals surface area contributed by atoms with Crippen LogP contribution in [0.4, 0.5) is 0 Å². The predicted octanol–water partition coefficient (Wildman–Crippen LogP) is 11.6. The lowest BCUT2D eigenvalue weighted by molar-refractivity contribution is 0.614. The zero-order valence-electron chi connectivity index (χ0n) is 28.3. The first-order valence-electron chi connectivity index (χ1n) is 16.8. The second-order valence-electron chi connectivity index (χ2n) is 13.3. The van der Waals surface area contributed by atoms with Gasteiger partial charge in [0.05, 0.1) is 16.1 Å². The molecule has 1 aromatic heterocycles. The van der Waals surface area contributed by atoms with E-state index in [-0.39, 0.29) is 6.04 Å². The minimum absolute atomic E-state index is 0.122. The minimum Gasteiger partial charge on any atom is -0.408 e. The normalized spacial score (nSPS) is 13.4. The molecule has 0 radical (unpaired) electrons. The van der Waals surface area contributed by atoms with E-state index in [1.165, 1.54) is 48.3 Å². The van der Waals surface area contributed by atoms with Gasteiger partial charge in [-0.1, -0.05) is 156 Å². The first-order valence-corrected chi connectivity index (χ1v) is 23.7. The van der Waals surface area contributed by atoms with E-state index in [0.717, 1.165) is 35.3 Å². The van der Waals surface area contributed by atoms with Crippen molar-refractivity contribution in [3.05, 3.63) is 96.6 Å². The number of nitrogens with zero attached hydrogens (tertiary/aromatic N) is 1. The highest BCUT2D eigenvalue weighted by Gasteiger charge is 2.34. The van der Waals surface area contributed by atoms with Gasteiger partial charge >= 0.3 is 8.16 Å². The summed E-state index contributed by atoms with van der Waals surface area (Å²) in [4.78, 5) is 0. The van der Waals surface area contributed by atoms with Crippen molar-refractivity contribution < 1.29 is 8.39 Å². The Kier molecular flexibility index (Phi) is 8.93. The van der Waals surface area contributed by atoms with Crippen LogP contribution in [0, 0.1) is 0 Å². The molecule has 0 unspecified atom stereocenters. The molecule has 0 aliphatic rings. The van der Waals surface area contributed by atoms with E-state index in [2.05, 4.69) is 150 Å². The van der Waals surface area contributed by atoms with E-state index in [4.69, 9.17) is 8.39 Å². The Morgan fingerprint density at radius 2 is 1.02 bits per heavy atom. The average molecular weight is 650 g/mol. The lowest BCUT2D eigenvalue weighted by atomic mass is 9.98. The van der Waals surface area contributed by atoms with Crippen molar-refractivity contribution in [3.8, 4) is 0 Å². The Balaban J connectivity index is 1.92. The summed E-state index contributed by atoms with van der Waals surface area (Å²) in [5, 5.41) is 10.4. The van der Waals surface area contributed by atoms with Gasteiger partial charge < -0.3 is 8.39 Å². The molecule has 1 atom stereocenters. The van der Waals surface area contributed by atoms with Crippen molar-refractivity contribution in [2.24, 2.45) is 0 Å². The summed E-state index contributed by atoms with van der Waals surface area (Å²) in [6.45, 7) is 16.8. The van der Waals surface area contributed by atoms with E-state index in [9.17, 15) is 0 Å². The van der Waals surface area contributed by atoms with Crippen molar-refractivity contribution in [3.63, 3.8) is 0 Å². The highest BCUT2D eigenvalue weighted by atomic mass is 31.1. The second kappa shape index (κ2) is 12.6. The molecular weight excluding hydrogens is 602 g/mol. The fourth-order valence-electron chi connectivity index (χ4n) is 6.89. The van der Waals surface area contributed by atoms with E-state index in [1.807, 2.05) is 0 Å². The predicted molar refractivity (Wildman–Crippen MR) is 205 cm³/mol. The summed E-state index contributed by atoms with van der Waals surface area (Å²) in [7, 11) is -3.05. The lowest BCUT2D eigenvalue weighted by Crippen LogP contribution is -2.43. The number of benzene rings is 5. The maximum Gasteiger partial charge on any atom is 0.309 e. The Morgan fingerprint density at radius 3 is 1.44 bits per heavy atom. The summed E-state index contributed by atoms with van der Waals surface area (Å²) in [5.74, 6) is 0. The third-order valence-electron chi connectivity index (χ3n) is 11.1. The van der Waals surface area contributed by atoms with E-state index in [1.54, 1.807) is 0 Å². The zero-order valence-corrected chi connectivity index (χ0v) is 31.2. The van der Waals surface area contributed by atoms with E-state index >= 15 is 0 Å². The molecule has 0 aliphatic carbocycles. The Morgan fingerprint density at radius 1 is 0.622 bits per heavy atom. The Hall–Kier alpha value is -3.09. The molecule has 1 heterocycles. The summed E-state index contributed by atoms with van der Waals surface area (Å²) >= 11 is 0. The average Bonchev–Trinajstić information content (AvgIpc) is 3.28. The van der Waals surface area contributed by atoms with Crippen molar-refractivity contribution in [1.29, 1.82) is 0 Å². The van der Waals surface area contributed by atoms with Crippen LogP contribution < -0.4 is 15.0 Å². The summed E-state index contributed by atoms with van der Waals surface area (Å²) in [6.07, 6.45) is 0. The number of hydrogen-bond acceptors (Lipinski definition) is 3. The molecule has 0 saturated carbocycles. The van der Waals surface area contributed by atoms with Crippen LogP contribution in [0.2, 0.25) is 37.3 Å². The number of hydrogen-bond donors (Lipinski definition) is 0. The van der Waals surface area contributed by atoms with Gasteiger partial charge in [0.15, 0.2) is 0 Å². The smallest absolute Gasteiger partial charge is 0.309 e. The highest BCUT2D eigenvalue weighted by molar-refractivity contribution is 7.39. The SMILES string of the molecule is CC[Si](C)(CC)c1cc2ccccc2c2c1op(N(C)[C@@H](C)c1ccccc1)oc1c([Si](C)(CC)CC)cc3ccccc3c12. The lowest BCUT2D eigenvalue weighted by Gasteiger charge is -2.27.